The quantitative estimate of drug-likeness (QED) is 0.629. The maximum Gasteiger partial charge on any atom is 0.0244 e. The molecule has 2 atom stereocenters. The first kappa shape index (κ1) is 12.2. The van der Waals surface area contributed by atoms with E-state index in [4.69, 9.17) is 0 Å². The molecule has 1 aliphatic rings. The summed E-state index contributed by atoms with van der Waals surface area (Å²) in [6.07, 6.45) is 8.24. The van der Waals surface area contributed by atoms with Crippen molar-refractivity contribution in [2.24, 2.45) is 5.92 Å². The molecule has 1 aliphatic carbocycles. The molecule has 0 bridgehead atoms. The third-order valence-electron chi connectivity index (χ3n) is 2.81. The lowest BCUT2D eigenvalue weighted by atomic mass is 10.1. The summed E-state index contributed by atoms with van der Waals surface area (Å²) < 4.78 is 10.8. The summed E-state index contributed by atoms with van der Waals surface area (Å²) in [5.41, 5.74) is 0. The first-order valence-electron chi connectivity index (χ1n) is 5.77. The van der Waals surface area contributed by atoms with Crippen LogP contribution in [0.15, 0.2) is 0 Å². The summed E-state index contributed by atoms with van der Waals surface area (Å²) in [5, 5.41) is 3.60. The largest absolute Gasteiger partial charge is 0.314 e. The van der Waals surface area contributed by atoms with Gasteiger partial charge >= 0.3 is 0 Å². The van der Waals surface area contributed by atoms with E-state index in [2.05, 4.69) is 12.2 Å². The number of hydrogen-bond donors (Lipinski definition) is 1. The van der Waals surface area contributed by atoms with Gasteiger partial charge in [0, 0.05) is 28.9 Å². The van der Waals surface area contributed by atoms with Gasteiger partial charge in [-0.2, -0.15) is 0 Å². The van der Waals surface area contributed by atoms with Crippen molar-refractivity contribution in [2.45, 2.75) is 45.1 Å². The van der Waals surface area contributed by atoms with Crippen molar-refractivity contribution in [1.82, 2.24) is 5.32 Å². The molecule has 2 nitrogen and oxygen atoms in total. The second-order valence-corrected chi connectivity index (χ2v) is 5.87. The van der Waals surface area contributed by atoms with Crippen LogP contribution < -0.4 is 5.32 Å². The van der Waals surface area contributed by atoms with Crippen LogP contribution >= 0.6 is 0 Å². The Kier molecular flexibility index (Phi) is 5.71. The number of nitrogens with one attached hydrogen (secondary N) is 1. The maximum absolute atomic E-state index is 10.8. The van der Waals surface area contributed by atoms with Gasteiger partial charge in [0.25, 0.3) is 0 Å². The van der Waals surface area contributed by atoms with E-state index in [9.17, 15) is 4.21 Å². The molecular formula is C11H23NOS. The lowest BCUT2D eigenvalue weighted by Gasteiger charge is -2.16. The number of hydrogen-bond acceptors (Lipinski definition) is 2. The van der Waals surface area contributed by atoms with Crippen LogP contribution in [0, 0.1) is 5.92 Å². The van der Waals surface area contributed by atoms with Crippen molar-refractivity contribution in [3.8, 4) is 0 Å². The second-order valence-electron chi connectivity index (χ2n) is 4.32. The maximum atomic E-state index is 10.8. The highest BCUT2D eigenvalue weighted by molar-refractivity contribution is 7.84. The van der Waals surface area contributed by atoms with E-state index in [-0.39, 0.29) is 0 Å². The minimum absolute atomic E-state index is 0.619. The van der Waals surface area contributed by atoms with Crippen LogP contribution in [-0.4, -0.2) is 28.8 Å². The topological polar surface area (TPSA) is 29.1 Å². The van der Waals surface area contributed by atoms with E-state index in [1.54, 1.807) is 6.26 Å². The molecule has 1 saturated carbocycles. The van der Waals surface area contributed by atoms with Crippen LogP contribution in [0.2, 0.25) is 0 Å². The van der Waals surface area contributed by atoms with Gasteiger partial charge in [0.15, 0.2) is 0 Å². The van der Waals surface area contributed by atoms with Crippen molar-refractivity contribution in [3.63, 3.8) is 0 Å². The monoisotopic (exact) mass is 217 g/mol. The van der Waals surface area contributed by atoms with E-state index in [0.717, 1.165) is 30.7 Å². The SMILES string of the molecule is CCCC(NCCCS(C)=O)C1CC1. The summed E-state index contributed by atoms with van der Waals surface area (Å²) in [6, 6.07) is 0.741. The highest BCUT2D eigenvalue weighted by Crippen LogP contribution is 2.34. The fourth-order valence-corrected chi connectivity index (χ4v) is 2.43. The lowest BCUT2D eigenvalue weighted by Crippen LogP contribution is -2.32. The van der Waals surface area contributed by atoms with Crippen LogP contribution in [-0.2, 0) is 10.8 Å². The molecule has 14 heavy (non-hydrogen) atoms. The average Bonchev–Trinajstić information content (AvgIpc) is 2.93. The van der Waals surface area contributed by atoms with Crippen LogP contribution in [0.4, 0.5) is 0 Å². The highest BCUT2D eigenvalue weighted by Gasteiger charge is 2.29. The van der Waals surface area contributed by atoms with Crippen LogP contribution in [0.3, 0.4) is 0 Å². The molecule has 0 amide bonds. The molecular weight excluding hydrogens is 194 g/mol. The zero-order valence-electron chi connectivity index (χ0n) is 9.42. The summed E-state index contributed by atoms with van der Waals surface area (Å²) in [4.78, 5) is 0. The van der Waals surface area contributed by atoms with Gasteiger partial charge in [0.1, 0.15) is 0 Å². The molecule has 1 rings (SSSR count). The van der Waals surface area contributed by atoms with Gasteiger partial charge in [-0.3, -0.25) is 4.21 Å². The summed E-state index contributed by atoms with van der Waals surface area (Å²) in [7, 11) is -0.619. The van der Waals surface area contributed by atoms with Crippen LogP contribution in [0.25, 0.3) is 0 Å². The standard InChI is InChI=1S/C11H23NOS/c1-3-5-11(10-6-7-10)12-8-4-9-14(2)13/h10-12H,3-9H2,1-2H3. The molecule has 0 aromatic rings. The van der Waals surface area contributed by atoms with Gasteiger partial charge in [0.05, 0.1) is 0 Å². The Labute approximate surface area is 90.3 Å². The van der Waals surface area contributed by atoms with E-state index in [0.29, 0.717) is 0 Å². The smallest absolute Gasteiger partial charge is 0.0244 e. The fourth-order valence-electron chi connectivity index (χ4n) is 1.88. The second kappa shape index (κ2) is 6.57. The molecule has 3 heteroatoms. The van der Waals surface area contributed by atoms with Gasteiger partial charge < -0.3 is 5.32 Å². The Morgan fingerprint density at radius 2 is 2.21 bits per heavy atom. The molecule has 1 fully saturated rings. The molecule has 0 aromatic carbocycles. The minimum atomic E-state index is -0.619. The molecule has 1 N–H and O–H groups in total. The molecule has 84 valence electrons. The summed E-state index contributed by atoms with van der Waals surface area (Å²) >= 11 is 0. The van der Waals surface area contributed by atoms with E-state index in [1.807, 2.05) is 0 Å². The van der Waals surface area contributed by atoms with Crippen molar-refractivity contribution < 1.29 is 4.21 Å². The van der Waals surface area contributed by atoms with Gasteiger partial charge in [0.2, 0.25) is 0 Å². The Morgan fingerprint density at radius 3 is 2.71 bits per heavy atom. The first-order chi connectivity index (χ1) is 6.74. The van der Waals surface area contributed by atoms with E-state index < -0.39 is 10.8 Å². The molecule has 0 heterocycles. The van der Waals surface area contributed by atoms with E-state index in [1.165, 1.54) is 25.7 Å². The normalized spacial score (nSPS) is 20.7. The average molecular weight is 217 g/mol. The third kappa shape index (κ3) is 5.11. The van der Waals surface area contributed by atoms with Gasteiger partial charge in [-0.1, -0.05) is 13.3 Å². The zero-order chi connectivity index (χ0) is 10.4. The van der Waals surface area contributed by atoms with Crippen molar-refractivity contribution >= 4 is 10.8 Å². The van der Waals surface area contributed by atoms with E-state index >= 15 is 0 Å². The Hall–Kier alpha value is 0.110. The molecule has 0 spiro atoms. The zero-order valence-corrected chi connectivity index (χ0v) is 10.2. The first-order valence-corrected chi connectivity index (χ1v) is 7.50. The fraction of sp³-hybridized carbons (Fsp3) is 1.00. The Morgan fingerprint density at radius 1 is 1.50 bits per heavy atom. The van der Waals surface area contributed by atoms with Gasteiger partial charge in [-0.05, 0) is 38.1 Å². The molecule has 0 aromatic heterocycles. The summed E-state index contributed by atoms with van der Waals surface area (Å²) in [5.74, 6) is 1.79. The van der Waals surface area contributed by atoms with Crippen LogP contribution in [0.1, 0.15) is 39.0 Å². The highest BCUT2D eigenvalue weighted by atomic mass is 32.2. The molecule has 0 radical (unpaired) electrons. The predicted octanol–water partition coefficient (Wildman–Crippen LogP) is 1.92. The van der Waals surface area contributed by atoms with Gasteiger partial charge in [-0.25, -0.2) is 0 Å². The van der Waals surface area contributed by atoms with Crippen LogP contribution in [0.5, 0.6) is 0 Å². The van der Waals surface area contributed by atoms with Crippen molar-refractivity contribution in [2.75, 3.05) is 18.6 Å². The molecule has 0 saturated heterocycles. The van der Waals surface area contributed by atoms with Crippen molar-refractivity contribution in [3.05, 3.63) is 0 Å². The molecule has 0 aliphatic heterocycles. The lowest BCUT2D eigenvalue weighted by molar-refractivity contribution is 0.432. The minimum Gasteiger partial charge on any atom is -0.314 e. The predicted molar refractivity (Wildman–Crippen MR) is 63.0 cm³/mol. The third-order valence-corrected chi connectivity index (χ3v) is 3.67. The molecule has 2 unspecified atom stereocenters. The summed E-state index contributed by atoms with van der Waals surface area (Å²) in [6.45, 7) is 3.29. The Bertz CT molecular complexity index is 180. The van der Waals surface area contributed by atoms with Crippen molar-refractivity contribution in [1.29, 1.82) is 0 Å². The van der Waals surface area contributed by atoms with Gasteiger partial charge in [-0.15, -0.1) is 0 Å². The number of rotatable bonds is 8. The Balaban J connectivity index is 2.04.